The van der Waals surface area contributed by atoms with Crippen LogP contribution >= 0.6 is 0 Å². The molecule has 72 valence electrons. The van der Waals surface area contributed by atoms with E-state index in [-0.39, 0.29) is 12.5 Å². The van der Waals surface area contributed by atoms with Crippen LogP contribution in [0, 0.1) is 0 Å². The topological polar surface area (TPSA) is 73.6 Å². The predicted octanol–water partition coefficient (Wildman–Crippen LogP) is -1.28. The second kappa shape index (κ2) is 8.45. The highest BCUT2D eigenvalue weighted by molar-refractivity contribution is 5.76. The lowest BCUT2D eigenvalue weighted by Crippen LogP contribution is -2.24. The third-order valence-electron chi connectivity index (χ3n) is 1.15. The van der Waals surface area contributed by atoms with Gasteiger partial charge in [0.2, 0.25) is 5.91 Å². The highest BCUT2D eigenvalue weighted by Gasteiger charge is 1.95. The van der Waals surface area contributed by atoms with Crippen LogP contribution in [0.4, 0.5) is 0 Å². The highest BCUT2D eigenvalue weighted by Crippen LogP contribution is 1.77. The highest BCUT2D eigenvalue weighted by atomic mass is 16.5. The molecular weight excluding hydrogens is 160 g/mol. The van der Waals surface area contributed by atoms with Gasteiger partial charge in [-0.05, 0) is 0 Å². The van der Waals surface area contributed by atoms with Crippen LogP contribution < -0.4 is 11.1 Å². The summed E-state index contributed by atoms with van der Waals surface area (Å²) in [4.78, 5) is 10.6. The zero-order valence-electron chi connectivity index (χ0n) is 7.34. The van der Waals surface area contributed by atoms with Gasteiger partial charge in [-0.2, -0.15) is 0 Å². The number of rotatable bonds is 7. The van der Waals surface area contributed by atoms with Crippen molar-refractivity contribution < 1.29 is 14.3 Å². The van der Waals surface area contributed by atoms with Gasteiger partial charge in [0.25, 0.3) is 0 Å². The van der Waals surface area contributed by atoms with E-state index in [0.717, 1.165) is 0 Å². The number of likely N-dealkylation sites (N-methyl/N-ethyl adjacent to an activating group) is 1. The van der Waals surface area contributed by atoms with E-state index in [0.29, 0.717) is 26.4 Å². The maximum Gasteiger partial charge on any atom is 0.245 e. The first kappa shape index (κ1) is 11.4. The first-order valence-electron chi connectivity index (χ1n) is 3.87. The van der Waals surface area contributed by atoms with Crippen molar-refractivity contribution in [2.75, 3.05) is 40.0 Å². The third-order valence-corrected chi connectivity index (χ3v) is 1.15. The standard InChI is InChI=1S/C7H16N2O3/c1-9-7(10)6-12-5-4-11-3-2-8/h2-6,8H2,1H3,(H,9,10). The van der Waals surface area contributed by atoms with Gasteiger partial charge in [0.05, 0.1) is 19.8 Å². The predicted molar refractivity (Wildman–Crippen MR) is 44.8 cm³/mol. The number of nitrogens with two attached hydrogens (primary N) is 1. The van der Waals surface area contributed by atoms with Crippen molar-refractivity contribution in [1.29, 1.82) is 0 Å². The molecule has 0 aromatic rings. The van der Waals surface area contributed by atoms with E-state index in [1.54, 1.807) is 7.05 Å². The van der Waals surface area contributed by atoms with E-state index < -0.39 is 0 Å². The van der Waals surface area contributed by atoms with E-state index in [4.69, 9.17) is 15.2 Å². The molecule has 5 heteroatoms. The molecule has 3 N–H and O–H groups in total. The third kappa shape index (κ3) is 7.46. The molecule has 0 aromatic heterocycles. The second-order valence-electron chi connectivity index (χ2n) is 2.13. The van der Waals surface area contributed by atoms with Crippen LogP contribution in [0.1, 0.15) is 0 Å². The molecule has 0 aliphatic heterocycles. The molecule has 0 rings (SSSR count). The van der Waals surface area contributed by atoms with Gasteiger partial charge in [0.15, 0.2) is 0 Å². The SMILES string of the molecule is CNC(=O)COCCOCCN. The zero-order chi connectivity index (χ0) is 9.23. The minimum absolute atomic E-state index is 0.0858. The Morgan fingerprint density at radius 1 is 1.33 bits per heavy atom. The van der Waals surface area contributed by atoms with Crippen molar-refractivity contribution in [3.63, 3.8) is 0 Å². The molecule has 1 amide bonds. The summed E-state index contributed by atoms with van der Waals surface area (Å²) in [5.74, 6) is -0.131. The van der Waals surface area contributed by atoms with Gasteiger partial charge in [-0.25, -0.2) is 0 Å². The van der Waals surface area contributed by atoms with Gasteiger partial charge in [-0.15, -0.1) is 0 Å². The summed E-state index contributed by atoms with van der Waals surface area (Å²) in [6, 6.07) is 0. The fourth-order valence-corrected chi connectivity index (χ4v) is 0.540. The molecule has 5 nitrogen and oxygen atoms in total. The number of nitrogens with one attached hydrogen (secondary N) is 1. The van der Waals surface area contributed by atoms with Crippen molar-refractivity contribution in [3.05, 3.63) is 0 Å². The summed E-state index contributed by atoms with van der Waals surface area (Å²) in [6.45, 7) is 2.03. The Morgan fingerprint density at radius 2 is 2.00 bits per heavy atom. The molecule has 0 bridgehead atoms. The van der Waals surface area contributed by atoms with Gasteiger partial charge in [0, 0.05) is 13.6 Å². The maximum absolute atomic E-state index is 10.6. The normalized spacial score (nSPS) is 9.83. The summed E-state index contributed by atoms with van der Waals surface area (Å²) in [6.07, 6.45) is 0. The lowest BCUT2D eigenvalue weighted by Gasteiger charge is -2.03. The average Bonchev–Trinajstić information content (AvgIpc) is 2.10. The Kier molecular flexibility index (Phi) is 7.99. The van der Waals surface area contributed by atoms with Gasteiger partial charge >= 0.3 is 0 Å². The molecule has 0 fully saturated rings. The molecule has 0 heterocycles. The van der Waals surface area contributed by atoms with Crippen LogP contribution in [0.2, 0.25) is 0 Å². The summed E-state index contributed by atoms with van der Waals surface area (Å²) in [7, 11) is 1.57. The Bertz CT molecular complexity index is 119. The van der Waals surface area contributed by atoms with Crippen LogP contribution in [-0.4, -0.2) is 45.9 Å². The lowest BCUT2D eigenvalue weighted by atomic mass is 10.6. The summed E-state index contributed by atoms with van der Waals surface area (Å²) < 4.78 is 9.97. The number of carbonyl (C=O) groups is 1. The molecule has 0 aliphatic carbocycles. The molecule has 0 saturated heterocycles. The number of amides is 1. The Morgan fingerprint density at radius 3 is 2.58 bits per heavy atom. The number of carbonyl (C=O) groups excluding carboxylic acids is 1. The van der Waals surface area contributed by atoms with Crippen molar-refractivity contribution >= 4 is 5.91 Å². The maximum atomic E-state index is 10.6. The fourth-order valence-electron chi connectivity index (χ4n) is 0.540. The molecule has 0 radical (unpaired) electrons. The van der Waals surface area contributed by atoms with Gasteiger partial charge in [0.1, 0.15) is 6.61 Å². The molecule has 0 unspecified atom stereocenters. The number of hydrogen-bond donors (Lipinski definition) is 2. The van der Waals surface area contributed by atoms with Crippen LogP contribution in [0.5, 0.6) is 0 Å². The second-order valence-corrected chi connectivity index (χ2v) is 2.13. The first-order valence-corrected chi connectivity index (χ1v) is 3.87. The van der Waals surface area contributed by atoms with E-state index in [1.807, 2.05) is 0 Å². The van der Waals surface area contributed by atoms with Crippen molar-refractivity contribution in [2.45, 2.75) is 0 Å². The van der Waals surface area contributed by atoms with Crippen molar-refractivity contribution in [3.8, 4) is 0 Å². The van der Waals surface area contributed by atoms with Gasteiger partial charge in [-0.3, -0.25) is 4.79 Å². The zero-order valence-corrected chi connectivity index (χ0v) is 7.34. The van der Waals surface area contributed by atoms with Gasteiger partial charge in [-0.1, -0.05) is 0 Å². The molecule has 0 saturated carbocycles. The smallest absolute Gasteiger partial charge is 0.245 e. The van der Waals surface area contributed by atoms with Crippen molar-refractivity contribution in [1.82, 2.24) is 5.32 Å². The fraction of sp³-hybridized carbons (Fsp3) is 0.857. The summed E-state index contributed by atoms with van der Waals surface area (Å²) in [5, 5.41) is 2.44. The summed E-state index contributed by atoms with van der Waals surface area (Å²) in [5.41, 5.74) is 5.18. The Labute approximate surface area is 72.2 Å². The largest absolute Gasteiger partial charge is 0.378 e. The quantitative estimate of drug-likeness (QED) is 0.474. The summed E-state index contributed by atoms with van der Waals surface area (Å²) >= 11 is 0. The Balaban J connectivity index is 2.95. The average molecular weight is 176 g/mol. The van der Waals surface area contributed by atoms with E-state index in [1.165, 1.54) is 0 Å². The molecule has 0 aromatic carbocycles. The van der Waals surface area contributed by atoms with Crippen LogP contribution in [0.3, 0.4) is 0 Å². The van der Waals surface area contributed by atoms with Crippen LogP contribution in [-0.2, 0) is 14.3 Å². The first-order chi connectivity index (χ1) is 5.81. The Hall–Kier alpha value is -0.650. The van der Waals surface area contributed by atoms with E-state index in [9.17, 15) is 4.79 Å². The van der Waals surface area contributed by atoms with Gasteiger partial charge < -0.3 is 20.5 Å². The van der Waals surface area contributed by atoms with Crippen LogP contribution in [0.25, 0.3) is 0 Å². The molecule has 12 heavy (non-hydrogen) atoms. The van der Waals surface area contributed by atoms with E-state index in [2.05, 4.69) is 5.32 Å². The lowest BCUT2D eigenvalue weighted by molar-refractivity contribution is -0.125. The molecular formula is C7H16N2O3. The minimum atomic E-state index is -0.131. The molecule has 0 aliphatic rings. The monoisotopic (exact) mass is 176 g/mol. The van der Waals surface area contributed by atoms with E-state index >= 15 is 0 Å². The number of hydrogen-bond acceptors (Lipinski definition) is 4. The molecule has 0 spiro atoms. The van der Waals surface area contributed by atoms with Crippen molar-refractivity contribution in [2.24, 2.45) is 5.73 Å². The minimum Gasteiger partial charge on any atom is -0.378 e. The number of ether oxygens (including phenoxy) is 2. The van der Waals surface area contributed by atoms with Crippen LogP contribution in [0.15, 0.2) is 0 Å². The molecule has 0 atom stereocenters.